The molecule has 13 atom stereocenters. The second-order valence-electron chi connectivity index (χ2n) is 28.1. The number of aliphatic imine (C=N–C) groups is 1. The maximum absolute atomic E-state index is 14.6. The number of aliphatic hydroxyl groups is 2. The van der Waals surface area contributed by atoms with Crippen molar-refractivity contribution in [1.82, 2.24) is 21.3 Å². The van der Waals surface area contributed by atoms with E-state index in [1.807, 2.05) is 12.3 Å². The molecule has 5 aliphatic carbocycles. The Morgan fingerprint density at radius 3 is 2.48 bits per heavy atom. The highest BCUT2D eigenvalue weighted by Crippen LogP contribution is 2.70. The van der Waals surface area contributed by atoms with E-state index >= 15 is 0 Å². The van der Waals surface area contributed by atoms with Crippen LogP contribution in [0.25, 0.3) is 5.57 Å². The number of rotatable bonds is 25. The number of dihydropyridines is 1. The maximum atomic E-state index is 14.6. The van der Waals surface area contributed by atoms with Crippen LogP contribution in [0.2, 0.25) is 0 Å². The molecule has 87 heavy (non-hydrogen) atoms. The van der Waals surface area contributed by atoms with Crippen LogP contribution in [0.5, 0.6) is 11.5 Å². The largest absolute Gasteiger partial charge is 0.504 e. The number of ketones is 2. The van der Waals surface area contributed by atoms with Crippen molar-refractivity contribution in [3.63, 3.8) is 0 Å². The second-order valence-corrected chi connectivity index (χ2v) is 28.1. The molecule has 0 aromatic heterocycles. The van der Waals surface area contributed by atoms with Crippen LogP contribution < -0.4 is 43.2 Å². The van der Waals surface area contributed by atoms with E-state index in [1.54, 1.807) is 12.1 Å². The summed E-state index contributed by atoms with van der Waals surface area (Å²) in [4.78, 5) is 33.5. The lowest BCUT2D eigenvalue weighted by Crippen LogP contribution is -2.57. The van der Waals surface area contributed by atoms with Crippen LogP contribution in [-0.4, -0.2) is 104 Å². The van der Waals surface area contributed by atoms with Crippen molar-refractivity contribution in [2.75, 3.05) is 46.4 Å². The summed E-state index contributed by atoms with van der Waals surface area (Å²) in [5, 5.41) is 49.5. The van der Waals surface area contributed by atoms with Gasteiger partial charge in [-0.3, -0.25) is 14.6 Å². The minimum absolute atomic E-state index is 0.0182. The number of nitrogens with one attached hydrogen (secondary N) is 4. The van der Waals surface area contributed by atoms with Crippen molar-refractivity contribution >= 4 is 23.1 Å². The number of allylic oxidation sites excluding steroid dienone is 3. The smallest absolute Gasteiger partial charge is 0.185 e. The van der Waals surface area contributed by atoms with Crippen LogP contribution in [0.4, 0.5) is 0 Å². The molecular weight excluding hydrogens is 1080 g/mol. The van der Waals surface area contributed by atoms with Gasteiger partial charge in [0.05, 0.1) is 32.4 Å². The summed E-state index contributed by atoms with van der Waals surface area (Å²) >= 11 is 0. The Balaban J connectivity index is 0.817. The van der Waals surface area contributed by atoms with Gasteiger partial charge in [0.2, 0.25) is 0 Å². The third-order valence-corrected chi connectivity index (χ3v) is 22.8. The molecule has 14 nitrogen and oxygen atoms in total. The van der Waals surface area contributed by atoms with Crippen molar-refractivity contribution in [3.8, 4) is 11.5 Å². The lowest BCUT2D eigenvalue weighted by Gasteiger charge is -2.55. The predicted octanol–water partition coefficient (Wildman–Crippen LogP) is 9.29. The molecule has 11 rings (SSSR count). The van der Waals surface area contributed by atoms with Crippen molar-refractivity contribution in [2.45, 2.75) is 172 Å². The Morgan fingerprint density at radius 1 is 0.897 bits per heavy atom. The third-order valence-electron chi connectivity index (χ3n) is 22.8. The number of phenolic OH excluding ortho intramolecular Hbond substituents is 1. The highest BCUT2D eigenvalue weighted by atomic mass is 16.5. The van der Waals surface area contributed by atoms with Gasteiger partial charge in [0.1, 0.15) is 5.78 Å². The SMILES string of the molecule is COc1cc(/C(=C/C(=O)CC(=O)C[C@H]2CC[C@@H]3[C@](C[C@@H]4[C@@H]5CCNC[C@@H]5C[C@@H]5C=CCN[C@@H]45)(C2)C[C@H](NC[C@H](O)C2CCCCC2)[C@@]32CC[C@H](CCN=C(N)N)C2)CO)c(CC2=CNC(N)C=C2CCc2cccc(CCc3ccccc3)c2)cc1O. The van der Waals surface area contributed by atoms with Crippen LogP contribution in [0.1, 0.15) is 150 Å². The van der Waals surface area contributed by atoms with Crippen LogP contribution in [-0.2, 0) is 35.3 Å². The Labute approximate surface area is 518 Å². The highest BCUT2D eigenvalue weighted by molar-refractivity contribution is 6.07. The monoisotopic (exact) mass is 1190 g/mol. The maximum Gasteiger partial charge on any atom is 0.185 e. The fourth-order valence-corrected chi connectivity index (χ4v) is 18.9. The molecule has 0 bridgehead atoms. The van der Waals surface area contributed by atoms with E-state index in [4.69, 9.17) is 21.9 Å². The van der Waals surface area contributed by atoms with Gasteiger partial charge in [-0.15, -0.1) is 0 Å². The summed E-state index contributed by atoms with van der Waals surface area (Å²) in [5.41, 5.74) is 25.8. The van der Waals surface area contributed by atoms with Gasteiger partial charge >= 0.3 is 0 Å². The number of nitrogens with two attached hydrogens (primary N) is 3. The topological polar surface area (TPSA) is 243 Å². The number of aromatic hydroxyl groups is 1. The highest BCUT2D eigenvalue weighted by Gasteiger charge is 2.65. The molecule has 1 spiro atoms. The van der Waals surface area contributed by atoms with Crippen LogP contribution in [0.15, 0.2) is 113 Å². The molecule has 1 saturated heterocycles. The zero-order valence-electron chi connectivity index (χ0n) is 51.9. The second kappa shape index (κ2) is 28.9. The molecule has 6 fully saturated rings. The van der Waals surface area contributed by atoms with Crippen molar-refractivity contribution in [3.05, 3.63) is 136 Å². The number of piperidine rings is 1. The first-order valence-electron chi connectivity index (χ1n) is 33.7. The van der Waals surface area contributed by atoms with E-state index < -0.39 is 6.61 Å². The number of fused-ring (bicyclic) bond motifs is 4. The minimum atomic E-state index is -0.450. The van der Waals surface area contributed by atoms with E-state index in [9.17, 15) is 24.9 Å². The molecule has 470 valence electrons. The van der Waals surface area contributed by atoms with Crippen LogP contribution in [0.3, 0.4) is 0 Å². The van der Waals surface area contributed by atoms with E-state index in [1.165, 1.54) is 62.0 Å². The van der Waals surface area contributed by atoms with Gasteiger partial charge in [0.15, 0.2) is 23.2 Å². The number of Topliss-reactive ketones (excluding diaryl/α,β-unsaturated/α-hetero) is 1. The lowest BCUT2D eigenvalue weighted by molar-refractivity contribution is -0.126. The number of guanidine groups is 1. The number of hydrogen-bond acceptors (Lipinski definition) is 12. The Kier molecular flexibility index (Phi) is 20.9. The first-order chi connectivity index (χ1) is 42.3. The number of phenols is 1. The summed E-state index contributed by atoms with van der Waals surface area (Å²) in [6.45, 7) is 3.85. The van der Waals surface area contributed by atoms with Crippen LogP contribution in [0, 0.1) is 58.2 Å². The first-order valence-corrected chi connectivity index (χ1v) is 33.7. The van der Waals surface area contributed by atoms with Gasteiger partial charge in [-0.05, 0) is 256 Å². The molecule has 3 aliphatic heterocycles. The zero-order valence-corrected chi connectivity index (χ0v) is 51.9. The molecule has 3 aromatic carbocycles. The summed E-state index contributed by atoms with van der Waals surface area (Å²) in [7, 11) is 1.49. The van der Waals surface area contributed by atoms with E-state index in [0.717, 1.165) is 127 Å². The average Bonchev–Trinajstić information content (AvgIpc) is 1.61. The fraction of sp³-hybridized carbons (Fsp3) is 0.603. The van der Waals surface area contributed by atoms with E-state index in [2.05, 4.69) is 93.0 Å². The number of benzene rings is 3. The van der Waals surface area contributed by atoms with Gasteiger partial charge in [0, 0.05) is 44.3 Å². The van der Waals surface area contributed by atoms with Gasteiger partial charge in [-0.1, -0.05) is 86.0 Å². The molecular formula is C73H102N8O6. The molecule has 0 amide bonds. The van der Waals surface area contributed by atoms with Crippen molar-refractivity contribution in [1.29, 1.82) is 0 Å². The molecule has 3 heterocycles. The molecule has 1 unspecified atom stereocenters. The zero-order chi connectivity index (χ0) is 60.5. The molecule has 5 saturated carbocycles. The Hall–Kier alpha value is -5.61. The van der Waals surface area contributed by atoms with E-state index in [0.29, 0.717) is 90.1 Å². The number of carbonyl (C=O) groups excluding carboxylic acids is 2. The summed E-state index contributed by atoms with van der Waals surface area (Å²) in [5.74, 6) is 3.67. The standard InChI is InChI=1S/C73H102N8O6/c1-87-66-38-62(55(35-64(66)85)33-56-44-81-69(74)36-53(56)21-19-49-13-8-12-48(30-49)18-17-47-10-4-2-5-11-47)58(46-82)34-60(84)37-59(83)31-51-20-22-67-72(39-51,41-63-61-25-28-77-43-57(61)32-54-16-9-27-78-70(54)63)42-68(80-45-65(86)52-14-6-3-7-15-52)73(67)26-23-50(40-73)24-29-79-71(75)76/h2,4-5,8-13,16,30,34-36,38,44,50-52,54,57,61,63,65,67-70,77-78,80-82,85-86H,3,6-7,14-15,17-29,31-33,37,39-43,45-46,74H2,1H3,(H4,75,76,79)/b58-34+/t50-,51-,54+,57+,61-,63-,65+,67-,68+,69?,70-,72+,73-/m1/s1. The van der Waals surface area contributed by atoms with Crippen molar-refractivity contribution < 1.29 is 29.6 Å². The predicted molar refractivity (Wildman–Crippen MR) is 347 cm³/mol. The summed E-state index contributed by atoms with van der Waals surface area (Å²) in [6.07, 6.45) is 31.3. The van der Waals surface area contributed by atoms with E-state index in [-0.39, 0.29) is 70.5 Å². The van der Waals surface area contributed by atoms with Crippen molar-refractivity contribution in [2.24, 2.45) is 80.4 Å². The number of ether oxygens (including phenoxy) is 1. The summed E-state index contributed by atoms with van der Waals surface area (Å²) in [6, 6.07) is 23.4. The average molecular weight is 1190 g/mol. The van der Waals surface area contributed by atoms with Gasteiger partial charge in [0.25, 0.3) is 0 Å². The number of methoxy groups -OCH3 is 1. The minimum Gasteiger partial charge on any atom is -0.504 e. The molecule has 8 aliphatic rings. The van der Waals surface area contributed by atoms with Gasteiger partial charge in [-0.25, -0.2) is 0 Å². The number of aliphatic hydroxyl groups excluding tert-OH is 2. The quantitative estimate of drug-likeness (QED) is 0.0125. The first kappa shape index (κ1) is 63.0. The molecule has 13 N–H and O–H groups in total. The third kappa shape index (κ3) is 15.0. The number of nitrogens with zero attached hydrogens (tertiary/aromatic N) is 1. The van der Waals surface area contributed by atoms with Gasteiger partial charge in [-0.2, -0.15) is 0 Å². The fourth-order valence-electron chi connectivity index (χ4n) is 18.9. The molecule has 0 radical (unpaired) electrons. The molecule has 3 aromatic rings. The Morgan fingerprint density at radius 2 is 1.69 bits per heavy atom. The number of aryl methyl sites for hydroxylation is 3. The van der Waals surface area contributed by atoms with Crippen LogP contribution >= 0.6 is 0 Å². The molecule has 14 heteroatoms. The number of carbonyl (C=O) groups is 2. The Bertz CT molecular complexity index is 3000. The summed E-state index contributed by atoms with van der Waals surface area (Å²) < 4.78 is 5.62. The normalized spacial score (nSPS) is 31.0. The lowest BCUT2D eigenvalue weighted by atomic mass is 9.52. The number of hydrogen-bond donors (Lipinski definition) is 10. The van der Waals surface area contributed by atoms with Gasteiger partial charge < -0.3 is 58.5 Å².